The molecule has 1 saturated carbocycles. The number of amides is 4. The van der Waals surface area contributed by atoms with Crippen LogP contribution in [-0.4, -0.2) is 40.8 Å². The van der Waals surface area contributed by atoms with Crippen LogP contribution in [0.15, 0.2) is 36.4 Å². The Bertz CT molecular complexity index is 834. The first-order valence-corrected chi connectivity index (χ1v) is 9.28. The number of nitro benzene ring substituents is 1. The maximum atomic E-state index is 12.7. The van der Waals surface area contributed by atoms with E-state index in [1.165, 1.54) is 29.2 Å². The number of benzene rings is 1. The molecule has 1 heterocycles. The van der Waals surface area contributed by atoms with Crippen molar-refractivity contribution in [2.45, 2.75) is 12.8 Å². The molecule has 146 valence electrons. The molecule has 5 rings (SSSR count). The molecule has 4 amide bonds. The average Bonchev–Trinajstić information content (AvgIpc) is 2.96. The topological polar surface area (TPSA) is 122 Å². The lowest BCUT2D eigenvalue weighted by molar-refractivity contribution is -0.384. The van der Waals surface area contributed by atoms with E-state index in [0.29, 0.717) is 5.69 Å². The lowest BCUT2D eigenvalue weighted by Gasteiger charge is -2.38. The van der Waals surface area contributed by atoms with Gasteiger partial charge in [0.2, 0.25) is 11.8 Å². The highest BCUT2D eigenvalue weighted by atomic mass is 16.6. The van der Waals surface area contributed by atoms with Crippen LogP contribution in [0.3, 0.4) is 0 Å². The molecular weight excluding hydrogens is 364 g/mol. The van der Waals surface area contributed by atoms with Crippen molar-refractivity contribution in [2.24, 2.45) is 23.7 Å². The molecule has 0 unspecified atom stereocenters. The second-order valence-electron chi connectivity index (χ2n) is 7.35. The number of anilines is 1. The van der Waals surface area contributed by atoms with E-state index in [-0.39, 0.29) is 54.3 Å². The van der Waals surface area contributed by atoms with Crippen LogP contribution < -0.4 is 10.6 Å². The predicted octanol–water partition coefficient (Wildman–Crippen LogP) is 1.91. The molecule has 9 nitrogen and oxygen atoms in total. The Labute approximate surface area is 160 Å². The van der Waals surface area contributed by atoms with E-state index in [9.17, 15) is 24.5 Å². The van der Waals surface area contributed by atoms with E-state index in [0.717, 1.165) is 12.8 Å². The SMILES string of the molecule is O=C(NCCN1C(=O)[C@H]2[C@H](C1=O)[C@H]1C=C[C@H]2CC1)Nc1ccc([N+](=O)[O-])cc1. The van der Waals surface area contributed by atoms with Gasteiger partial charge in [-0.3, -0.25) is 24.6 Å². The van der Waals surface area contributed by atoms with Gasteiger partial charge >= 0.3 is 6.03 Å². The van der Waals surface area contributed by atoms with Crippen LogP contribution in [0.5, 0.6) is 0 Å². The zero-order chi connectivity index (χ0) is 19.8. The molecule has 1 aromatic carbocycles. The summed E-state index contributed by atoms with van der Waals surface area (Å²) in [6.07, 6.45) is 6.04. The Hall–Kier alpha value is -3.23. The van der Waals surface area contributed by atoms with Crippen molar-refractivity contribution in [3.8, 4) is 0 Å². The summed E-state index contributed by atoms with van der Waals surface area (Å²) in [5, 5.41) is 15.8. The number of nitrogens with zero attached hydrogens (tertiary/aromatic N) is 2. The normalized spacial score (nSPS) is 27.6. The van der Waals surface area contributed by atoms with Crippen LogP contribution in [0, 0.1) is 33.8 Å². The number of nitrogens with one attached hydrogen (secondary N) is 2. The molecule has 1 aliphatic heterocycles. The van der Waals surface area contributed by atoms with E-state index in [1.54, 1.807) is 0 Å². The second-order valence-corrected chi connectivity index (χ2v) is 7.35. The van der Waals surface area contributed by atoms with Crippen molar-refractivity contribution in [1.82, 2.24) is 10.2 Å². The summed E-state index contributed by atoms with van der Waals surface area (Å²) in [5.74, 6) is -0.460. The van der Waals surface area contributed by atoms with Gasteiger partial charge in [0, 0.05) is 30.9 Å². The molecule has 28 heavy (non-hydrogen) atoms. The number of rotatable bonds is 5. The minimum Gasteiger partial charge on any atom is -0.336 e. The third-order valence-corrected chi connectivity index (χ3v) is 5.81. The summed E-state index contributed by atoms with van der Waals surface area (Å²) in [7, 11) is 0. The van der Waals surface area contributed by atoms with Crippen molar-refractivity contribution in [3.63, 3.8) is 0 Å². The van der Waals surface area contributed by atoms with Gasteiger partial charge in [-0.1, -0.05) is 12.2 Å². The number of carbonyl (C=O) groups excluding carboxylic acids is 3. The second kappa shape index (κ2) is 7.06. The monoisotopic (exact) mass is 384 g/mol. The maximum absolute atomic E-state index is 12.7. The third-order valence-electron chi connectivity index (χ3n) is 5.81. The molecule has 2 bridgehead atoms. The highest BCUT2D eigenvalue weighted by Crippen LogP contribution is 2.49. The molecular formula is C19H20N4O5. The first-order valence-electron chi connectivity index (χ1n) is 9.28. The van der Waals surface area contributed by atoms with Gasteiger partial charge in [0.05, 0.1) is 16.8 Å². The van der Waals surface area contributed by atoms with Gasteiger partial charge in [0.1, 0.15) is 0 Å². The number of nitro groups is 1. The predicted molar refractivity (Wildman–Crippen MR) is 99.2 cm³/mol. The third kappa shape index (κ3) is 3.12. The number of non-ortho nitro benzene ring substituents is 1. The standard InChI is InChI=1S/C19H20N4O5/c24-17-15-11-1-2-12(4-3-11)16(15)18(25)22(17)10-9-20-19(26)21-13-5-7-14(8-6-13)23(27)28/h1-2,5-8,11-12,15-16H,3-4,9-10H2,(H2,20,21,26)/t11-,12-,15+,16+/m0/s1. The highest BCUT2D eigenvalue weighted by Gasteiger charge is 2.56. The number of likely N-dealkylation sites (tertiary alicyclic amines) is 1. The molecule has 2 fully saturated rings. The van der Waals surface area contributed by atoms with Gasteiger partial charge in [-0.15, -0.1) is 0 Å². The number of allylic oxidation sites excluding steroid dienone is 2. The summed E-state index contributed by atoms with van der Waals surface area (Å²) in [6, 6.07) is 4.94. The van der Waals surface area contributed by atoms with Crippen LogP contribution in [0.4, 0.5) is 16.2 Å². The number of urea groups is 1. The molecule has 4 atom stereocenters. The Morgan fingerprint density at radius 3 is 2.14 bits per heavy atom. The number of hydrogen-bond donors (Lipinski definition) is 2. The largest absolute Gasteiger partial charge is 0.336 e. The highest BCUT2D eigenvalue weighted by molar-refractivity contribution is 6.06. The van der Waals surface area contributed by atoms with Gasteiger partial charge in [-0.25, -0.2) is 4.79 Å². The molecule has 1 aromatic rings. The van der Waals surface area contributed by atoms with E-state index < -0.39 is 11.0 Å². The summed E-state index contributed by atoms with van der Waals surface area (Å²) in [5.41, 5.74) is 0.340. The Balaban J connectivity index is 1.29. The Morgan fingerprint density at radius 1 is 1.07 bits per heavy atom. The summed E-state index contributed by atoms with van der Waals surface area (Å²) in [6.45, 7) is 0.274. The molecule has 2 N–H and O–H groups in total. The van der Waals surface area contributed by atoms with Gasteiger partial charge in [0.15, 0.2) is 0 Å². The van der Waals surface area contributed by atoms with Crippen molar-refractivity contribution in [1.29, 1.82) is 0 Å². The fourth-order valence-electron chi connectivity index (χ4n) is 4.48. The smallest absolute Gasteiger partial charge is 0.319 e. The minimum absolute atomic E-state index is 0.0676. The maximum Gasteiger partial charge on any atom is 0.319 e. The van der Waals surface area contributed by atoms with Crippen LogP contribution in [0.2, 0.25) is 0 Å². The Kier molecular flexibility index (Phi) is 4.58. The molecule has 3 aliphatic carbocycles. The Morgan fingerprint density at radius 2 is 1.64 bits per heavy atom. The number of imide groups is 1. The quantitative estimate of drug-likeness (QED) is 0.348. The zero-order valence-corrected chi connectivity index (χ0v) is 15.0. The number of carbonyl (C=O) groups is 3. The van der Waals surface area contributed by atoms with Crippen molar-refractivity contribution >= 4 is 29.2 Å². The van der Waals surface area contributed by atoms with Crippen molar-refractivity contribution in [3.05, 3.63) is 46.5 Å². The lowest BCUT2D eigenvalue weighted by Crippen LogP contribution is -2.40. The fraction of sp³-hybridized carbons (Fsp3) is 0.421. The fourth-order valence-corrected chi connectivity index (χ4v) is 4.48. The molecule has 9 heteroatoms. The van der Waals surface area contributed by atoms with Gasteiger partial charge in [-0.2, -0.15) is 0 Å². The summed E-state index contributed by atoms with van der Waals surface area (Å²) >= 11 is 0. The zero-order valence-electron chi connectivity index (χ0n) is 15.0. The molecule has 4 aliphatic rings. The van der Waals surface area contributed by atoms with Crippen molar-refractivity contribution < 1.29 is 19.3 Å². The molecule has 0 spiro atoms. The first-order chi connectivity index (χ1) is 13.5. The molecule has 0 aromatic heterocycles. The van der Waals surface area contributed by atoms with Gasteiger partial charge in [-0.05, 0) is 36.8 Å². The molecule has 1 saturated heterocycles. The van der Waals surface area contributed by atoms with Crippen LogP contribution in [0.1, 0.15) is 12.8 Å². The summed E-state index contributed by atoms with van der Waals surface area (Å²) < 4.78 is 0. The summed E-state index contributed by atoms with van der Waals surface area (Å²) in [4.78, 5) is 48.7. The first kappa shape index (κ1) is 18.1. The van der Waals surface area contributed by atoms with Gasteiger partial charge < -0.3 is 10.6 Å². The average molecular weight is 384 g/mol. The number of hydrogen-bond acceptors (Lipinski definition) is 5. The van der Waals surface area contributed by atoms with Gasteiger partial charge in [0.25, 0.3) is 5.69 Å². The van der Waals surface area contributed by atoms with Crippen LogP contribution in [-0.2, 0) is 9.59 Å². The van der Waals surface area contributed by atoms with E-state index in [1.807, 2.05) is 0 Å². The minimum atomic E-state index is -0.521. The van der Waals surface area contributed by atoms with E-state index in [4.69, 9.17) is 0 Å². The van der Waals surface area contributed by atoms with Crippen LogP contribution >= 0.6 is 0 Å². The van der Waals surface area contributed by atoms with E-state index >= 15 is 0 Å². The van der Waals surface area contributed by atoms with Crippen molar-refractivity contribution in [2.75, 3.05) is 18.4 Å². The molecule has 0 radical (unpaired) electrons. The number of fused-ring (bicyclic) bond motifs is 1. The van der Waals surface area contributed by atoms with E-state index in [2.05, 4.69) is 22.8 Å². The van der Waals surface area contributed by atoms with Crippen LogP contribution in [0.25, 0.3) is 0 Å². The lowest BCUT2D eigenvalue weighted by atomic mass is 9.63.